The van der Waals surface area contributed by atoms with Gasteiger partial charge < -0.3 is 10.5 Å². The first-order valence-corrected chi connectivity index (χ1v) is 5.22. The van der Waals surface area contributed by atoms with Gasteiger partial charge in [0.05, 0.1) is 13.2 Å². The molecule has 1 aromatic carbocycles. The number of ether oxygens (including phenoxy) is 1. The van der Waals surface area contributed by atoms with E-state index in [4.69, 9.17) is 10.5 Å². The minimum Gasteiger partial charge on any atom is -0.494 e. The van der Waals surface area contributed by atoms with Crippen LogP contribution in [0.1, 0.15) is 17.2 Å². The molecule has 0 spiro atoms. The molecule has 1 unspecified atom stereocenters. The van der Waals surface area contributed by atoms with Crippen molar-refractivity contribution in [3.63, 3.8) is 0 Å². The van der Waals surface area contributed by atoms with Gasteiger partial charge in [0.1, 0.15) is 0 Å². The van der Waals surface area contributed by atoms with E-state index in [0.717, 1.165) is 5.56 Å². The summed E-state index contributed by atoms with van der Waals surface area (Å²) < 4.78 is 18.9. The molecule has 2 aromatic rings. The lowest BCUT2D eigenvalue weighted by Gasteiger charge is -2.14. The van der Waals surface area contributed by atoms with E-state index in [9.17, 15) is 4.39 Å². The van der Waals surface area contributed by atoms with Crippen LogP contribution in [0.5, 0.6) is 5.75 Å². The molecule has 4 heteroatoms. The monoisotopic (exact) mass is 232 g/mol. The molecule has 0 aliphatic carbocycles. The van der Waals surface area contributed by atoms with Crippen LogP contribution < -0.4 is 10.5 Å². The second-order valence-electron chi connectivity index (χ2n) is 3.63. The molecule has 0 radical (unpaired) electrons. The number of hydrogen-bond acceptors (Lipinski definition) is 3. The van der Waals surface area contributed by atoms with Crippen LogP contribution in [-0.2, 0) is 0 Å². The zero-order valence-electron chi connectivity index (χ0n) is 9.43. The predicted molar refractivity (Wildman–Crippen MR) is 63.2 cm³/mol. The van der Waals surface area contributed by atoms with E-state index in [1.807, 2.05) is 6.07 Å². The second-order valence-corrected chi connectivity index (χ2v) is 3.63. The van der Waals surface area contributed by atoms with Gasteiger partial charge in [0, 0.05) is 18.0 Å². The van der Waals surface area contributed by atoms with Crippen LogP contribution in [0.25, 0.3) is 0 Å². The van der Waals surface area contributed by atoms with Crippen LogP contribution in [-0.4, -0.2) is 12.1 Å². The highest BCUT2D eigenvalue weighted by Gasteiger charge is 2.16. The van der Waals surface area contributed by atoms with Crippen molar-refractivity contribution in [1.82, 2.24) is 4.98 Å². The van der Waals surface area contributed by atoms with Gasteiger partial charge in [-0.25, -0.2) is 4.39 Å². The molecule has 2 N–H and O–H groups in total. The molecule has 1 aromatic heterocycles. The number of nitrogens with two attached hydrogens (primary N) is 1. The number of methoxy groups -OCH3 is 1. The standard InChI is InChI=1S/C13H13FN2O/c1-17-11-6-2-5-10(12(11)14)13(15)9-4-3-7-16-8-9/h2-8,13H,15H2,1H3. The third kappa shape index (κ3) is 2.26. The largest absolute Gasteiger partial charge is 0.494 e. The molecule has 0 saturated carbocycles. The SMILES string of the molecule is COc1cccc(C(N)c2cccnc2)c1F. The zero-order valence-corrected chi connectivity index (χ0v) is 9.43. The third-order valence-electron chi connectivity index (χ3n) is 2.59. The van der Waals surface area contributed by atoms with E-state index in [1.165, 1.54) is 7.11 Å². The van der Waals surface area contributed by atoms with Crippen molar-refractivity contribution in [3.05, 3.63) is 59.7 Å². The Kier molecular flexibility index (Phi) is 3.35. The van der Waals surface area contributed by atoms with Crippen molar-refractivity contribution < 1.29 is 9.13 Å². The van der Waals surface area contributed by atoms with E-state index in [0.29, 0.717) is 5.56 Å². The second kappa shape index (κ2) is 4.93. The molecule has 0 bridgehead atoms. The summed E-state index contributed by atoms with van der Waals surface area (Å²) in [5.41, 5.74) is 7.17. The Morgan fingerprint density at radius 3 is 2.76 bits per heavy atom. The van der Waals surface area contributed by atoms with Gasteiger partial charge in [-0.3, -0.25) is 4.98 Å². The first kappa shape index (κ1) is 11.5. The van der Waals surface area contributed by atoms with E-state index in [2.05, 4.69) is 4.98 Å². The van der Waals surface area contributed by atoms with Gasteiger partial charge in [0.15, 0.2) is 11.6 Å². The summed E-state index contributed by atoms with van der Waals surface area (Å²) in [6, 6.07) is 7.97. The van der Waals surface area contributed by atoms with Crippen LogP contribution in [0.4, 0.5) is 4.39 Å². The van der Waals surface area contributed by atoms with Crippen molar-refractivity contribution in [3.8, 4) is 5.75 Å². The van der Waals surface area contributed by atoms with Gasteiger partial charge in [-0.2, -0.15) is 0 Å². The van der Waals surface area contributed by atoms with Gasteiger partial charge in [0.25, 0.3) is 0 Å². The average Bonchev–Trinajstić information content (AvgIpc) is 2.39. The Morgan fingerprint density at radius 1 is 1.29 bits per heavy atom. The van der Waals surface area contributed by atoms with Gasteiger partial charge in [0.2, 0.25) is 0 Å². The fourth-order valence-electron chi connectivity index (χ4n) is 1.67. The lowest BCUT2D eigenvalue weighted by molar-refractivity contribution is 0.383. The quantitative estimate of drug-likeness (QED) is 0.883. The summed E-state index contributed by atoms with van der Waals surface area (Å²) >= 11 is 0. The minimum atomic E-state index is -0.543. The van der Waals surface area contributed by atoms with E-state index in [-0.39, 0.29) is 5.75 Å². The molecule has 88 valence electrons. The van der Waals surface area contributed by atoms with E-state index >= 15 is 0 Å². The normalized spacial score (nSPS) is 12.2. The predicted octanol–water partition coefficient (Wildman–Crippen LogP) is 2.28. The molecule has 2 rings (SSSR count). The van der Waals surface area contributed by atoms with Gasteiger partial charge >= 0.3 is 0 Å². The van der Waals surface area contributed by atoms with Crippen LogP contribution in [0.3, 0.4) is 0 Å². The van der Waals surface area contributed by atoms with Crippen molar-refractivity contribution in [1.29, 1.82) is 0 Å². The zero-order chi connectivity index (χ0) is 12.3. The number of rotatable bonds is 3. The maximum atomic E-state index is 14.0. The smallest absolute Gasteiger partial charge is 0.170 e. The molecule has 1 atom stereocenters. The highest BCUT2D eigenvalue weighted by molar-refractivity contribution is 5.37. The molecule has 0 aliphatic rings. The summed E-state index contributed by atoms with van der Waals surface area (Å²) in [5, 5.41) is 0. The van der Waals surface area contributed by atoms with E-state index < -0.39 is 11.9 Å². The molecule has 0 fully saturated rings. The Balaban J connectivity index is 2.41. The highest BCUT2D eigenvalue weighted by Crippen LogP contribution is 2.27. The van der Waals surface area contributed by atoms with Crippen LogP contribution in [0, 0.1) is 5.82 Å². The Bertz CT molecular complexity index is 502. The average molecular weight is 232 g/mol. The molecular weight excluding hydrogens is 219 g/mol. The van der Waals surface area contributed by atoms with Gasteiger partial charge in [-0.1, -0.05) is 18.2 Å². The Labute approximate surface area is 99.1 Å². The van der Waals surface area contributed by atoms with Crippen molar-refractivity contribution in [2.75, 3.05) is 7.11 Å². The third-order valence-corrected chi connectivity index (χ3v) is 2.59. The van der Waals surface area contributed by atoms with Crippen LogP contribution in [0.15, 0.2) is 42.7 Å². The fourth-order valence-corrected chi connectivity index (χ4v) is 1.67. The molecule has 0 amide bonds. The minimum absolute atomic E-state index is 0.196. The summed E-state index contributed by atoms with van der Waals surface area (Å²) in [6.07, 6.45) is 3.28. The fraction of sp³-hybridized carbons (Fsp3) is 0.154. The molecule has 1 heterocycles. The van der Waals surface area contributed by atoms with Crippen LogP contribution >= 0.6 is 0 Å². The van der Waals surface area contributed by atoms with Crippen molar-refractivity contribution >= 4 is 0 Å². The summed E-state index contributed by atoms with van der Waals surface area (Å²) in [4.78, 5) is 3.97. The lowest BCUT2D eigenvalue weighted by atomic mass is 10.0. The molecular formula is C13H13FN2O. The van der Waals surface area contributed by atoms with E-state index in [1.54, 1.807) is 36.7 Å². The molecule has 3 nitrogen and oxygen atoms in total. The lowest BCUT2D eigenvalue weighted by Crippen LogP contribution is -2.14. The number of hydrogen-bond donors (Lipinski definition) is 1. The van der Waals surface area contributed by atoms with Crippen molar-refractivity contribution in [2.24, 2.45) is 5.73 Å². The van der Waals surface area contributed by atoms with Gasteiger partial charge in [-0.05, 0) is 17.7 Å². The Hall–Kier alpha value is -1.94. The number of nitrogens with zero attached hydrogens (tertiary/aromatic N) is 1. The number of benzene rings is 1. The first-order chi connectivity index (χ1) is 8.24. The topological polar surface area (TPSA) is 48.1 Å². The molecule has 0 saturated heterocycles. The maximum absolute atomic E-state index is 14.0. The van der Waals surface area contributed by atoms with Crippen molar-refractivity contribution in [2.45, 2.75) is 6.04 Å². The summed E-state index contributed by atoms with van der Waals surface area (Å²) in [7, 11) is 1.43. The Morgan fingerprint density at radius 2 is 2.12 bits per heavy atom. The first-order valence-electron chi connectivity index (χ1n) is 5.22. The summed E-state index contributed by atoms with van der Waals surface area (Å²) in [5.74, 6) is -0.229. The molecule has 0 aliphatic heterocycles. The van der Waals surface area contributed by atoms with Gasteiger partial charge in [-0.15, -0.1) is 0 Å². The van der Waals surface area contributed by atoms with Crippen LogP contribution in [0.2, 0.25) is 0 Å². The molecule has 17 heavy (non-hydrogen) atoms. The number of pyridine rings is 1. The maximum Gasteiger partial charge on any atom is 0.170 e. The number of aromatic nitrogens is 1. The highest BCUT2D eigenvalue weighted by atomic mass is 19.1. The number of halogens is 1. The summed E-state index contributed by atoms with van der Waals surface area (Å²) in [6.45, 7) is 0.